The van der Waals surface area contributed by atoms with Crippen LogP contribution in [0.5, 0.6) is 5.75 Å². The number of carbonyl (C=O) groups is 1. The fourth-order valence-corrected chi connectivity index (χ4v) is 2.68. The topological polar surface area (TPSA) is 51.5 Å². The summed E-state index contributed by atoms with van der Waals surface area (Å²) in [6.07, 6.45) is 0. The van der Waals surface area contributed by atoms with Crippen LogP contribution in [0.2, 0.25) is 0 Å². The van der Waals surface area contributed by atoms with Crippen molar-refractivity contribution in [1.82, 2.24) is 4.57 Å². The van der Waals surface area contributed by atoms with Gasteiger partial charge < -0.3 is 14.4 Å². The number of aromatic carboxylic acids is 1. The fraction of sp³-hybridized carbons (Fsp3) is 0.188. The standard InChI is InChI=1S/C16H15NO3/c1-3-17-14-6-4-10(16(18)19)8-12(14)13-9-11(20-2)5-7-15(13)17/h4-9H,3H2,1-2H3,(H,18,19). The van der Waals surface area contributed by atoms with Crippen molar-refractivity contribution in [1.29, 1.82) is 0 Å². The number of benzene rings is 2. The minimum absolute atomic E-state index is 0.301. The van der Waals surface area contributed by atoms with E-state index < -0.39 is 5.97 Å². The third-order valence-electron chi connectivity index (χ3n) is 3.64. The zero-order chi connectivity index (χ0) is 14.3. The number of rotatable bonds is 3. The van der Waals surface area contributed by atoms with Gasteiger partial charge in [0.2, 0.25) is 0 Å². The Bertz CT molecular complexity index is 817. The SMILES string of the molecule is CCn1c2ccc(OC)cc2c2cc(C(=O)O)ccc21. The summed E-state index contributed by atoms with van der Waals surface area (Å²) in [5.74, 6) is -0.138. The lowest BCUT2D eigenvalue weighted by atomic mass is 10.1. The van der Waals surface area contributed by atoms with E-state index in [9.17, 15) is 4.79 Å². The summed E-state index contributed by atoms with van der Waals surface area (Å²) in [5, 5.41) is 11.1. The normalized spacial score (nSPS) is 11.1. The average Bonchev–Trinajstić information content (AvgIpc) is 2.79. The Morgan fingerprint density at radius 1 is 1.15 bits per heavy atom. The highest BCUT2D eigenvalue weighted by atomic mass is 16.5. The van der Waals surface area contributed by atoms with Gasteiger partial charge in [-0.2, -0.15) is 0 Å². The van der Waals surface area contributed by atoms with Crippen molar-refractivity contribution >= 4 is 27.8 Å². The van der Waals surface area contributed by atoms with E-state index in [-0.39, 0.29) is 0 Å². The third-order valence-corrected chi connectivity index (χ3v) is 3.64. The van der Waals surface area contributed by atoms with E-state index in [1.54, 1.807) is 19.2 Å². The first kappa shape index (κ1) is 12.5. The van der Waals surface area contributed by atoms with Gasteiger partial charge >= 0.3 is 5.97 Å². The molecule has 20 heavy (non-hydrogen) atoms. The van der Waals surface area contributed by atoms with Crippen LogP contribution in [0.3, 0.4) is 0 Å². The maximum atomic E-state index is 11.1. The van der Waals surface area contributed by atoms with Gasteiger partial charge in [0, 0.05) is 28.4 Å². The van der Waals surface area contributed by atoms with Crippen LogP contribution in [0.15, 0.2) is 36.4 Å². The molecule has 0 saturated carbocycles. The van der Waals surface area contributed by atoms with E-state index in [2.05, 4.69) is 11.5 Å². The van der Waals surface area contributed by atoms with E-state index in [4.69, 9.17) is 9.84 Å². The number of ether oxygens (including phenoxy) is 1. The van der Waals surface area contributed by atoms with Gasteiger partial charge in [0.1, 0.15) is 5.75 Å². The van der Waals surface area contributed by atoms with Crippen molar-refractivity contribution in [3.05, 3.63) is 42.0 Å². The second kappa shape index (κ2) is 4.56. The van der Waals surface area contributed by atoms with Crippen molar-refractivity contribution in [2.45, 2.75) is 13.5 Å². The molecule has 102 valence electrons. The van der Waals surface area contributed by atoms with Crippen LogP contribution >= 0.6 is 0 Å². The highest BCUT2D eigenvalue weighted by molar-refractivity contribution is 6.10. The molecule has 0 amide bonds. The van der Waals surface area contributed by atoms with Crippen LogP contribution in [0, 0.1) is 0 Å². The molecule has 0 saturated heterocycles. The Hall–Kier alpha value is -2.49. The van der Waals surface area contributed by atoms with Gasteiger partial charge in [0.25, 0.3) is 0 Å². The third kappa shape index (κ3) is 1.72. The summed E-state index contributed by atoms with van der Waals surface area (Å²) >= 11 is 0. The first-order chi connectivity index (χ1) is 9.65. The molecule has 4 nitrogen and oxygen atoms in total. The van der Waals surface area contributed by atoms with Crippen LogP contribution in [0.1, 0.15) is 17.3 Å². The molecule has 0 aliphatic carbocycles. The summed E-state index contributed by atoms with van der Waals surface area (Å²) in [4.78, 5) is 11.1. The van der Waals surface area contributed by atoms with E-state index in [0.717, 1.165) is 34.1 Å². The van der Waals surface area contributed by atoms with Crippen LogP contribution in [-0.2, 0) is 6.54 Å². The van der Waals surface area contributed by atoms with Crippen molar-refractivity contribution in [3.8, 4) is 5.75 Å². The number of hydrogen-bond acceptors (Lipinski definition) is 2. The van der Waals surface area contributed by atoms with Crippen LogP contribution in [0.25, 0.3) is 21.8 Å². The summed E-state index contributed by atoms with van der Waals surface area (Å²) in [7, 11) is 1.63. The fourth-order valence-electron chi connectivity index (χ4n) is 2.68. The Balaban J connectivity index is 2.44. The first-order valence-corrected chi connectivity index (χ1v) is 6.49. The molecule has 0 fully saturated rings. The summed E-state index contributed by atoms with van der Waals surface area (Å²) in [6.45, 7) is 2.91. The number of nitrogens with zero attached hydrogens (tertiary/aromatic N) is 1. The Labute approximate surface area is 116 Å². The monoisotopic (exact) mass is 269 g/mol. The lowest BCUT2D eigenvalue weighted by Gasteiger charge is -2.03. The lowest BCUT2D eigenvalue weighted by molar-refractivity contribution is 0.0697. The zero-order valence-electron chi connectivity index (χ0n) is 11.4. The molecule has 2 aromatic carbocycles. The second-order valence-electron chi connectivity index (χ2n) is 4.66. The van der Waals surface area contributed by atoms with Gasteiger partial charge in [-0.25, -0.2) is 4.79 Å². The summed E-state index contributed by atoms with van der Waals surface area (Å²) in [5.41, 5.74) is 2.43. The van der Waals surface area contributed by atoms with Gasteiger partial charge in [0.15, 0.2) is 0 Å². The number of aromatic nitrogens is 1. The maximum Gasteiger partial charge on any atom is 0.335 e. The molecule has 0 radical (unpaired) electrons. The molecule has 1 N–H and O–H groups in total. The van der Waals surface area contributed by atoms with E-state index in [0.29, 0.717) is 5.56 Å². The predicted octanol–water partition coefficient (Wildman–Crippen LogP) is 3.52. The van der Waals surface area contributed by atoms with Crippen molar-refractivity contribution in [2.75, 3.05) is 7.11 Å². The molecule has 3 rings (SSSR count). The molecule has 0 unspecified atom stereocenters. The maximum absolute atomic E-state index is 11.1. The Morgan fingerprint density at radius 3 is 2.40 bits per heavy atom. The number of aryl methyl sites for hydroxylation is 1. The Morgan fingerprint density at radius 2 is 1.80 bits per heavy atom. The minimum Gasteiger partial charge on any atom is -0.497 e. The van der Waals surface area contributed by atoms with Crippen LogP contribution in [0.4, 0.5) is 0 Å². The first-order valence-electron chi connectivity index (χ1n) is 6.49. The molecule has 0 aliphatic heterocycles. The number of carboxylic acids is 1. The lowest BCUT2D eigenvalue weighted by Crippen LogP contribution is -1.96. The van der Waals surface area contributed by atoms with Gasteiger partial charge in [-0.15, -0.1) is 0 Å². The molecule has 3 aromatic rings. The molecular weight excluding hydrogens is 254 g/mol. The zero-order valence-corrected chi connectivity index (χ0v) is 11.4. The van der Waals surface area contributed by atoms with Gasteiger partial charge in [0.05, 0.1) is 12.7 Å². The van der Waals surface area contributed by atoms with Crippen LogP contribution < -0.4 is 4.74 Å². The van der Waals surface area contributed by atoms with Gasteiger partial charge in [-0.3, -0.25) is 0 Å². The van der Waals surface area contributed by atoms with E-state index in [1.165, 1.54) is 0 Å². The predicted molar refractivity (Wildman–Crippen MR) is 78.6 cm³/mol. The Kier molecular flexibility index (Phi) is 2.86. The summed E-state index contributed by atoms with van der Waals surface area (Å²) in [6, 6.07) is 11.1. The average molecular weight is 269 g/mol. The summed E-state index contributed by atoms with van der Waals surface area (Å²) < 4.78 is 7.44. The quantitative estimate of drug-likeness (QED) is 0.791. The second-order valence-corrected chi connectivity index (χ2v) is 4.66. The van der Waals surface area contributed by atoms with E-state index >= 15 is 0 Å². The van der Waals surface area contributed by atoms with Crippen molar-refractivity contribution in [3.63, 3.8) is 0 Å². The van der Waals surface area contributed by atoms with Crippen molar-refractivity contribution in [2.24, 2.45) is 0 Å². The minimum atomic E-state index is -0.910. The number of hydrogen-bond donors (Lipinski definition) is 1. The number of methoxy groups -OCH3 is 1. The molecule has 1 aromatic heterocycles. The highest BCUT2D eigenvalue weighted by Crippen LogP contribution is 2.32. The van der Waals surface area contributed by atoms with Crippen molar-refractivity contribution < 1.29 is 14.6 Å². The van der Waals surface area contributed by atoms with E-state index in [1.807, 2.05) is 24.3 Å². The molecule has 0 atom stereocenters. The molecule has 1 heterocycles. The molecule has 0 bridgehead atoms. The molecular formula is C16H15NO3. The largest absolute Gasteiger partial charge is 0.497 e. The van der Waals surface area contributed by atoms with Gasteiger partial charge in [-0.1, -0.05) is 0 Å². The van der Waals surface area contributed by atoms with Gasteiger partial charge in [-0.05, 0) is 43.3 Å². The molecule has 0 aliphatic rings. The smallest absolute Gasteiger partial charge is 0.335 e. The number of fused-ring (bicyclic) bond motifs is 3. The van der Waals surface area contributed by atoms with Crippen LogP contribution in [-0.4, -0.2) is 22.8 Å². The molecule has 0 spiro atoms. The number of carboxylic acid groups (broad SMARTS) is 1. The molecule has 4 heteroatoms. The highest BCUT2D eigenvalue weighted by Gasteiger charge is 2.13.